The SMILES string of the molecule is N#Cc1ccc(-c2cc3n(c2)Cc2cc(NC4CC(N)C4)ccc2N(N)/C3=N\N)cc1. The van der Waals surface area contributed by atoms with Crippen LogP contribution in [-0.4, -0.2) is 22.5 Å². The molecular weight excluding hydrogens is 388 g/mol. The molecule has 0 amide bonds. The predicted molar refractivity (Wildman–Crippen MR) is 122 cm³/mol. The quantitative estimate of drug-likeness (QED) is 0.385. The zero-order valence-corrected chi connectivity index (χ0v) is 17.0. The summed E-state index contributed by atoms with van der Waals surface area (Å²) in [5, 5.41) is 18.1. The van der Waals surface area contributed by atoms with Crippen molar-refractivity contribution in [2.45, 2.75) is 31.5 Å². The molecule has 2 heterocycles. The highest BCUT2D eigenvalue weighted by molar-refractivity contribution is 6.09. The van der Waals surface area contributed by atoms with Crippen LogP contribution in [0.3, 0.4) is 0 Å². The van der Waals surface area contributed by atoms with Crippen LogP contribution in [0.4, 0.5) is 11.4 Å². The zero-order valence-electron chi connectivity index (χ0n) is 17.0. The summed E-state index contributed by atoms with van der Waals surface area (Å²) in [5.41, 5.74) is 12.4. The Balaban J connectivity index is 1.51. The molecule has 0 saturated heterocycles. The number of hydrogen-bond donors (Lipinski definition) is 4. The molecule has 1 aliphatic carbocycles. The van der Waals surface area contributed by atoms with E-state index in [1.54, 1.807) is 5.01 Å². The minimum Gasteiger partial charge on any atom is -0.382 e. The number of hydrogen-bond acceptors (Lipinski definition) is 6. The van der Waals surface area contributed by atoms with Gasteiger partial charge in [0.2, 0.25) is 0 Å². The lowest BCUT2D eigenvalue weighted by Crippen LogP contribution is -2.44. The maximum Gasteiger partial charge on any atom is 0.190 e. The van der Waals surface area contributed by atoms with Gasteiger partial charge in [0.15, 0.2) is 5.84 Å². The molecule has 1 fully saturated rings. The Hall–Kier alpha value is -3.80. The first-order valence-corrected chi connectivity index (χ1v) is 10.2. The third-order valence-electron chi connectivity index (χ3n) is 6.05. The molecule has 156 valence electrons. The van der Waals surface area contributed by atoms with Crippen LogP contribution in [0, 0.1) is 11.3 Å². The van der Waals surface area contributed by atoms with E-state index >= 15 is 0 Å². The van der Waals surface area contributed by atoms with Crippen LogP contribution in [0.1, 0.15) is 29.7 Å². The normalized spacial score (nSPS) is 20.9. The van der Waals surface area contributed by atoms with E-state index in [0.717, 1.165) is 46.6 Å². The Morgan fingerprint density at radius 1 is 1.06 bits per heavy atom. The van der Waals surface area contributed by atoms with Gasteiger partial charge in [-0.15, -0.1) is 0 Å². The van der Waals surface area contributed by atoms with Crippen molar-refractivity contribution in [3.63, 3.8) is 0 Å². The number of nitrogens with one attached hydrogen (secondary N) is 1. The van der Waals surface area contributed by atoms with E-state index in [9.17, 15) is 0 Å². The second-order valence-electron chi connectivity index (χ2n) is 8.17. The van der Waals surface area contributed by atoms with Crippen LogP contribution in [0.5, 0.6) is 0 Å². The standard InChI is InChI=1S/C23H24N8/c24-11-14-1-3-15(4-2-14)16-8-22-23(29-26)31(27)21-6-5-19(28-20-9-18(25)10-20)7-17(21)13-30(22)12-16/h1-8,12,18,20,28H,9-10,13,25-27H2/b29-23-. The van der Waals surface area contributed by atoms with E-state index in [1.165, 1.54) is 0 Å². The number of hydrazone groups is 1. The summed E-state index contributed by atoms with van der Waals surface area (Å²) in [4.78, 5) is 0. The maximum absolute atomic E-state index is 9.05. The monoisotopic (exact) mass is 412 g/mol. The maximum atomic E-state index is 9.05. The minimum atomic E-state index is 0.296. The van der Waals surface area contributed by atoms with Gasteiger partial charge in [-0.2, -0.15) is 10.4 Å². The topological polar surface area (TPSA) is 134 Å². The smallest absolute Gasteiger partial charge is 0.190 e. The highest BCUT2D eigenvalue weighted by Crippen LogP contribution is 2.33. The average Bonchev–Trinajstić information content (AvgIpc) is 3.12. The number of hydrazine groups is 1. The van der Waals surface area contributed by atoms with Gasteiger partial charge in [0.05, 0.1) is 23.0 Å². The summed E-state index contributed by atoms with van der Waals surface area (Å²) >= 11 is 0. The Kier molecular flexibility index (Phi) is 4.62. The van der Waals surface area contributed by atoms with Crippen LogP contribution >= 0.6 is 0 Å². The van der Waals surface area contributed by atoms with Crippen LogP contribution in [-0.2, 0) is 6.54 Å². The first-order chi connectivity index (χ1) is 15.1. The van der Waals surface area contributed by atoms with Gasteiger partial charge in [0, 0.05) is 36.1 Å². The van der Waals surface area contributed by atoms with E-state index < -0.39 is 0 Å². The molecule has 2 aliphatic rings. The zero-order chi connectivity index (χ0) is 21.5. The Morgan fingerprint density at radius 3 is 2.52 bits per heavy atom. The third kappa shape index (κ3) is 3.40. The number of aromatic nitrogens is 1. The van der Waals surface area contributed by atoms with Crippen LogP contribution in [0.25, 0.3) is 11.1 Å². The number of rotatable bonds is 3. The summed E-state index contributed by atoms with van der Waals surface area (Å²) in [6.07, 6.45) is 4.04. The molecule has 7 N–H and O–H groups in total. The lowest BCUT2D eigenvalue weighted by atomic mass is 9.87. The van der Waals surface area contributed by atoms with Gasteiger partial charge < -0.3 is 21.5 Å². The Bertz CT molecular complexity index is 1200. The second kappa shape index (κ2) is 7.47. The van der Waals surface area contributed by atoms with Crippen LogP contribution in [0.2, 0.25) is 0 Å². The molecule has 1 saturated carbocycles. The van der Waals surface area contributed by atoms with Crippen molar-refractivity contribution in [1.82, 2.24) is 4.57 Å². The number of nitriles is 1. The van der Waals surface area contributed by atoms with Gasteiger partial charge in [-0.25, -0.2) is 5.84 Å². The number of anilines is 2. The first kappa shape index (κ1) is 19.2. The predicted octanol–water partition coefficient (Wildman–Crippen LogP) is 2.29. The van der Waals surface area contributed by atoms with Crippen LogP contribution < -0.4 is 27.7 Å². The van der Waals surface area contributed by atoms with Crippen molar-refractivity contribution < 1.29 is 0 Å². The van der Waals surface area contributed by atoms with Crippen molar-refractivity contribution in [3.05, 3.63) is 71.5 Å². The molecular formula is C23H24N8. The molecule has 3 aromatic rings. The summed E-state index contributed by atoms with van der Waals surface area (Å²) in [6.45, 7) is 0.632. The fourth-order valence-electron chi connectivity index (χ4n) is 4.33. The van der Waals surface area contributed by atoms with Gasteiger partial charge in [0.25, 0.3) is 0 Å². The lowest BCUT2D eigenvalue weighted by molar-refractivity contribution is 0.373. The van der Waals surface area contributed by atoms with E-state index in [2.05, 4.69) is 33.3 Å². The number of nitrogens with zero attached hydrogens (tertiary/aromatic N) is 4. The Morgan fingerprint density at radius 2 is 1.84 bits per heavy atom. The third-order valence-corrected chi connectivity index (χ3v) is 6.05. The molecule has 31 heavy (non-hydrogen) atoms. The number of fused-ring (bicyclic) bond motifs is 2. The van der Waals surface area contributed by atoms with Gasteiger partial charge in [-0.05, 0) is 60.4 Å². The molecule has 0 unspecified atom stereocenters. The van der Waals surface area contributed by atoms with Crippen molar-refractivity contribution in [1.29, 1.82) is 5.26 Å². The number of nitrogens with two attached hydrogens (primary N) is 3. The summed E-state index contributed by atoms with van der Waals surface area (Å²) in [7, 11) is 0. The molecule has 0 atom stereocenters. The molecule has 1 aromatic heterocycles. The van der Waals surface area contributed by atoms with E-state index in [4.69, 9.17) is 22.7 Å². The molecule has 8 heteroatoms. The van der Waals surface area contributed by atoms with E-state index in [-0.39, 0.29) is 0 Å². The molecule has 0 radical (unpaired) electrons. The summed E-state index contributed by atoms with van der Waals surface area (Å²) < 4.78 is 2.11. The second-order valence-corrected chi connectivity index (χ2v) is 8.17. The fourth-order valence-corrected chi connectivity index (χ4v) is 4.33. The van der Waals surface area contributed by atoms with Gasteiger partial charge >= 0.3 is 0 Å². The molecule has 0 bridgehead atoms. The molecule has 1 aliphatic heterocycles. The Labute approximate surface area is 180 Å². The molecule has 2 aromatic carbocycles. The van der Waals surface area contributed by atoms with Gasteiger partial charge in [-0.1, -0.05) is 12.1 Å². The van der Waals surface area contributed by atoms with Gasteiger partial charge in [0.1, 0.15) is 0 Å². The van der Waals surface area contributed by atoms with Crippen LogP contribution in [0.15, 0.2) is 59.8 Å². The van der Waals surface area contributed by atoms with Crippen molar-refractivity contribution in [3.8, 4) is 17.2 Å². The highest BCUT2D eigenvalue weighted by Gasteiger charge is 2.27. The molecule has 8 nitrogen and oxygen atoms in total. The van der Waals surface area contributed by atoms with Crippen molar-refractivity contribution in [2.24, 2.45) is 22.5 Å². The highest BCUT2D eigenvalue weighted by atomic mass is 15.5. The van der Waals surface area contributed by atoms with Crippen molar-refractivity contribution >= 4 is 17.2 Å². The largest absolute Gasteiger partial charge is 0.382 e. The number of benzene rings is 2. The molecule has 0 spiro atoms. The van der Waals surface area contributed by atoms with E-state index in [1.807, 2.05) is 42.5 Å². The van der Waals surface area contributed by atoms with Crippen molar-refractivity contribution in [2.75, 3.05) is 10.3 Å². The van der Waals surface area contributed by atoms with Gasteiger partial charge in [-0.3, -0.25) is 5.01 Å². The minimum absolute atomic E-state index is 0.296. The molecule has 5 rings (SSSR count). The average molecular weight is 413 g/mol. The summed E-state index contributed by atoms with van der Waals surface area (Å²) in [6, 6.07) is 18.5. The number of amidine groups is 1. The van der Waals surface area contributed by atoms with E-state index in [0.29, 0.717) is 30.0 Å². The first-order valence-electron chi connectivity index (χ1n) is 10.2. The lowest BCUT2D eigenvalue weighted by Gasteiger charge is -2.34. The summed E-state index contributed by atoms with van der Waals surface area (Å²) in [5.74, 6) is 12.7. The fraction of sp³-hybridized carbons (Fsp3) is 0.217.